The third-order valence-electron chi connectivity index (χ3n) is 7.49. The zero-order chi connectivity index (χ0) is 21.3. The van der Waals surface area contributed by atoms with Crippen molar-refractivity contribution in [2.75, 3.05) is 19.6 Å². The van der Waals surface area contributed by atoms with Crippen LogP contribution in [0.5, 0.6) is 0 Å². The van der Waals surface area contributed by atoms with E-state index in [9.17, 15) is 19.7 Å². The molecular weight excluding hydrogens is 382 g/mol. The largest absolute Gasteiger partial charge is 0.341 e. The Hall–Kier alpha value is -2.44. The second kappa shape index (κ2) is 8.36. The minimum absolute atomic E-state index is 0.00515. The second-order valence-corrected chi connectivity index (χ2v) is 9.30. The van der Waals surface area contributed by atoms with Gasteiger partial charge in [-0.05, 0) is 63.0 Å². The van der Waals surface area contributed by atoms with E-state index in [1.54, 1.807) is 17.9 Å². The average molecular weight is 414 g/mol. The van der Waals surface area contributed by atoms with Crippen LogP contribution >= 0.6 is 0 Å². The highest BCUT2D eigenvalue weighted by atomic mass is 16.6. The Labute approximate surface area is 177 Å². The monoisotopic (exact) mass is 413 g/mol. The fourth-order valence-electron chi connectivity index (χ4n) is 5.64. The number of aryl methyl sites for hydroxylation is 1. The van der Waals surface area contributed by atoms with Crippen molar-refractivity contribution in [3.8, 4) is 0 Å². The van der Waals surface area contributed by atoms with Crippen LogP contribution in [0.3, 0.4) is 0 Å². The molecule has 7 heteroatoms. The number of amides is 2. The normalized spacial score (nSPS) is 23.6. The summed E-state index contributed by atoms with van der Waals surface area (Å²) >= 11 is 0. The summed E-state index contributed by atoms with van der Waals surface area (Å²) in [4.78, 5) is 40.6. The van der Waals surface area contributed by atoms with Gasteiger partial charge in [-0.2, -0.15) is 0 Å². The van der Waals surface area contributed by atoms with Gasteiger partial charge in [-0.3, -0.25) is 19.7 Å². The minimum Gasteiger partial charge on any atom is -0.341 e. The summed E-state index contributed by atoms with van der Waals surface area (Å²) in [6.45, 7) is 3.79. The molecule has 1 unspecified atom stereocenters. The molecule has 2 aliphatic heterocycles. The van der Waals surface area contributed by atoms with Crippen LogP contribution in [0.25, 0.3) is 0 Å². The molecule has 7 nitrogen and oxygen atoms in total. The Kier molecular flexibility index (Phi) is 5.80. The molecule has 4 rings (SSSR count). The lowest BCUT2D eigenvalue weighted by Crippen LogP contribution is -2.51. The molecule has 0 aromatic heterocycles. The Morgan fingerprint density at radius 3 is 2.37 bits per heavy atom. The predicted molar refractivity (Wildman–Crippen MR) is 113 cm³/mol. The topological polar surface area (TPSA) is 83.8 Å². The number of nitro benzene ring substituents is 1. The van der Waals surface area contributed by atoms with Crippen molar-refractivity contribution in [1.82, 2.24) is 9.80 Å². The standard InChI is InChI=1S/C23H31N3O4/c1-17-16-18(7-8-19(17)26(29)30)21(27)25-13-5-6-20(25)22(28)24-14-11-23(12-15-24)9-3-2-4-10-23/h7-8,16,20H,2-6,9-15H2,1H3. The van der Waals surface area contributed by atoms with Gasteiger partial charge < -0.3 is 9.80 Å². The second-order valence-electron chi connectivity index (χ2n) is 9.30. The van der Waals surface area contributed by atoms with Crippen molar-refractivity contribution in [1.29, 1.82) is 0 Å². The van der Waals surface area contributed by atoms with Crippen molar-refractivity contribution >= 4 is 17.5 Å². The van der Waals surface area contributed by atoms with E-state index in [1.807, 2.05) is 4.90 Å². The first kappa shape index (κ1) is 20.8. The van der Waals surface area contributed by atoms with E-state index in [4.69, 9.17) is 0 Å². The smallest absolute Gasteiger partial charge is 0.272 e. The van der Waals surface area contributed by atoms with Crippen LogP contribution in [0.1, 0.15) is 73.7 Å². The van der Waals surface area contributed by atoms with Crippen LogP contribution in [0.15, 0.2) is 18.2 Å². The first-order chi connectivity index (χ1) is 14.4. The van der Waals surface area contributed by atoms with E-state index in [0.717, 1.165) is 32.4 Å². The summed E-state index contributed by atoms with van der Waals surface area (Å²) in [5.41, 5.74) is 1.32. The van der Waals surface area contributed by atoms with Gasteiger partial charge in [-0.25, -0.2) is 0 Å². The summed E-state index contributed by atoms with van der Waals surface area (Å²) in [6, 6.07) is 4.03. The van der Waals surface area contributed by atoms with Crippen LogP contribution in [-0.2, 0) is 4.79 Å². The molecule has 0 bridgehead atoms. The van der Waals surface area contributed by atoms with Gasteiger partial charge in [0.15, 0.2) is 0 Å². The lowest BCUT2D eigenvalue weighted by Gasteiger charge is -2.45. The van der Waals surface area contributed by atoms with Crippen LogP contribution in [0.4, 0.5) is 5.69 Å². The number of hydrogen-bond donors (Lipinski definition) is 0. The summed E-state index contributed by atoms with van der Waals surface area (Å²) in [6.07, 6.45) is 10.2. The highest BCUT2D eigenvalue weighted by Crippen LogP contribution is 2.44. The minimum atomic E-state index is -0.443. The van der Waals surface area contributed by atoms with Crippen LogP contribution < -0.4 is 0 Å². The van der Waals surface area contributed by atoms with Gasteiger partial charge in [0.2, 0.25) is 5.91 Å². The van der Waals surface area contributed by atoms with E-state index in [2.05, 4.69) is 0 Å². The molecule has 2 amide bonds. The lowest BCUT2D eigenvalue weighted by molar-refractivity contribution is -0.385. The number of nitrogens with zero attached hydrogens (tertiary/aromatic N) is 3. The molecule has 2 heterocycles. The predicted octanol–water partition coefficient (Wildman–Crippen LogP) is 4.08. The summed E-state index contributed by atoms with van der Waals surface area (Å²) in [7, 11) is 0. The number of likely N-dealkylation sites (tertiary alicyclic amines) is 2. The van der Waals surface area contributed by atoms with Gasteiger partial charge in [-0.15, -0.1) is 0 Å². The van der Waals surface area contributed by atoms with Crippen LogP contribution in [0, 0.1) is 22.5 Å². The average Bonchev–Trinajstić information content (AvgIpc) is 3.23. The molecule has 1 aromatic carbocycles. The van der Waals surface area contributed by atoms with Crippen LogP contribution in [-0.4, -0.2) is 52.2 Å². The van der Waals surface area contributed by atoms with Gasteiger partial charge in [0, 0.05) is 36.8 Å². The number of nitro groups is 1. The molecule has 1 aliphatic carbocycles. The van der Waals surface area contributed by atoms with Crippen molar-refractivity contribution in [3.05, 3.63) is 39.4 Å². The Morgan fingerprint density at radius 2 is 1.73 bits per heavy atom. The third-order valence-corrected chi connectivity index (χ3v) is 7.49. The summed E-state index contributed by atoms with van der Waals surface area (Å²) in [5, 5.41) is 11.0. The van der Waals surface area contributed by atoms with E-state index in [-0.39, 0.29) is 17.5 Å². The van der Waals surface area contributed by atoms with Crippen molar-refractivity contribution in [2.24, 2.45) is 5.41 Å². The fraction of sp³-hybridized carbons (Fsp3) is 0.652. The molecule has 30 heavy (non-hydrogen) atoms. The maximum absolute atomic E-state index is 13.3. The molecule has 0 radical (unpaired) electrons. The SMILES string of the molecule is Cc1cc(C(=O)N2CCCC2C(=O)N2CCC3(CCCCC3)CC2)ccc1[N+](=O)[O-]. The van der Waals surface area contributed by atoms with Gasteiger partial charge in [0.05, 0.1) is 4.92 Å². The van der Waals surface area contributed by atoms with Gasteiger partial charge in [0.1, 0.15) is 6.04 Å². The molecule has 0 N–H and O–H groups in total. The van der Waals surface area contributed by atoms with Crippen molar-refractivity contribution in [2.45, 2.75) is 70.8 Å². The molecule has 3 aliphatic rings. The molecule has 2 saturated heterocycles. The summed E-state index contributed by atoms with van der Waals surface area (Å²) < 4.78 is 0. The first-order valence-corrected chi connectivity index (χ1v) is 11.3. The Bertz CT molecular complexity index is 837. The third kappa shape index (κ3) is 3.94. The zero-order valence-corrected chi connectivity index (χ0v) is 17.8. The number of carbonyl (C=O) groups excluding carboxylic acids is 2. The van der Waals surface area contributed by atoms with E-state index in [1.165, 1.54) is 44.2 Å². The quantitative estimate of drug-likeness (QED) is 0.552. The molecular formula is C23H31N3O4. The first-order valence-electron chi connectivity index (χ1n) is 11.3. The highest BCUT2D eigenvalue weighted by molar-refractivity contribution is 5.98. The maximum Gasteiger partial charge on any atom is 0.272 e. The Morgan fingerprint density at radius 1 is 1.03 bits per heavy atom. The maximum atomic E-state index is 13.3. The molecule has 1 spiro atoms. The van der Waals surface area contributed by atoms with Gasteiger partial charge >= 0.3 is 0 Å². The molecule has 1 atom stereocenters. The number of benzene rings is 1. The highest BCUT2D eigenvalue weighted by Gasteiger charge is 2.41. The van der Waals surface area contributed by atoms with Gasteiger partial charge in [0.25, 0.3) is 11.6 Å². The molecule has 1 saturated carbocycles. The van der Waals surface area contributed by atoms with Gasteiger partial charge in [-0.1, -0.05) is 19.3 Å². The lowest BCUT2D eigenvalue weighted by atomic mass is 9.68. The van der Waals surface area contributed by atoms with Crippen molar-refractivity contribution < 1.29 is 14.5 Å². The number of carbonyl (C=O) groups is 2. The van der Waals surface area contributed by atoms with E-state index >= 15 is 0 Å². The van der Waals surface area contributed by atoms with Crippen LogP contribution in [0.2, 0.25) is 0 Å². The number of rotatable bonds is 3. The zero-order valence-electron chi connectivity index (χ0n) is 17.8. The Balaban J connectivity index is 1.43. The molecule has 1 aromatic rings. The number of hydrogen-bond acceptors (Lipinski definition) is 4. The fourth-order valence-corrected chi connectivity index (χ4v) is 5.64. The number of piperidine rings is 1. The summed E-state index contributed by atoms with van der Waals surface area (Å²) in [5.74, 6) is -0.130. The van der Waals surface area contributed by atoms with E-state index in [0.29, 0.717) is 29.5 Å². The molecule has 3 fully saturated rings. The molecule has 162 valence electrons. The van der Waals surface area contributed by atoms with E-state index < -0.39 is 11.0 Å². The van der Waals surface area contributed by atoms with Crippen molar-refractivity contribution in [3.63, 3.8) is 0 Å².